The molecule has 0 radical (unpaired) electrons. The van der Waals surface area contributed by atoms with Crippen molar-refractivity contribution in [2.24, 2.45) is 0 Å². The topological polar surface area (TPSA) is 62.8 Å². The molecule has 1 saturated heterocycles. The Morgan fingerprint density at radius 3 is 2.68 bits per heavy atom. The molecule has 1 aromatic rings. The van der Waals surface area contributed by atoms with E-state index in [0.717, 1.165) is 43.0 Å². The highest BCUT2D eigenvalue weighted by atomic mass is 35.5. The van der Waals surface area contributed by atoms with Gasteiger partial charge < -0.3 is 25.2 Å². The number of aliphatic hydroxyl groups is 1. The van der Waals surface area contributed by atoms with Crippen molar-refractivity contribution < 1.29 is 14.6 Å². The van der Waals surface area contributed by atoms with Gasteiger partial charge in [0.1, 0.15) is 0 Å². The van der Waals surface area contributed by atoms with Crippen LogP contribution in [0, 0.1) is 0 Å². The van der Waals surface area contributed by atoms with Crippen LogP contribution in [0.3, 0.4) is 0 Å². The van der Waals surface area contributed by atoms with Crippen molar-refractivity contribution in [2.75, 3.05) is 32.8 Å². The number of halogens is 2. The van der Waals surface area contributed by atoms with Gasteiger partial charge in [0.2, 0.25) is 0 Å². The highest BCUT2D eigenvalue weighted by Crippen LogP contribution is 2.30. The first kappa shape index (κ1) is 19.3. The predicted octanol–water partition coefficient (Wildman–Crippen LogP) is 1.51. The fraction of sp³-hybridized carbons (Fsp3) is 0.600. The maximum Gasteiger partial charge on any atom is 0.161 e. The lowest BCUT2D eigenvalue weighted by molar-refractivity contribution is 0.0609. The molecule has 0 aliphatic carbocycles. The summed E-state index contributed by atoms with van der Waals surface area (Å²) in [5, 5.41) is 16.7. The van der Waals surface area contributed by atoms with Crippen LogP contribution in [0.5, 0.6) is 11.5 Å². The first-order chi connectivity index (χ1) is 9.75. The summed E-state index contributed by atoms with van der Waals surface area (Å²) in [5.41, 5.74) is 0.537. The molecule has 2 aliphatic heterocycles. The minimum atomic E-state index is -0.606. The summed E-state index contributed by atoms with van der Waals surface area (Å²) >= 11 is 0. The van der Waals surface area contributed by atoms with Gasteiger partial charge in [0.15, 0.2) is 11.5 Å². The Balaban J connectivity index is 0.00000121. The van der Waals surface area contributed by atoms with Gasteiger partial charge in [-0.2, -0.15) is 0 Å². The lowest BCUT2D eigenvalue weighted by atomic mass is 10.0. The van der Waals surface area contributed by atoms with Crippen molar-refractivity contribution in [2.45, 2.75) is 25.0 Å². The SMILES string of the molecule is Cl.Cl.OC1(CNCc2ccc3c(c2)OCCCO3)CCNC1. The zero-order valence-corrected chi connectivity index (χ0v) is 14.1. The first-order valence-electron chi connectivity index (χ1n) is 7.28. The van der Waals surface area contributed by atoms with Crippen molar-refractivity contribution in [3.63, 3.8) is 0 Å². The molecule has 0 amide bonds. The molecule has 0 spiro atoms. The zero-order chi connectivity index (χ0) is 13.8. The van der Waals surface area contributed by atoms with E-state index in [1.54, 1.807) is 0 Å². The number of hydrogen-bond acceptors (Lipinski definition) is 5. The van der Waals surface area contributed by atoms with Gasteiger partial charge in [0.25, 0.3) is 0 Å². The Morgan fingerprint density at radius 1 is 1.18 bits per heavy atom. The third-order valence-corrected chi connectivity index (χ3v) is 3.82. The predicted molar refractivity (Wildman–Crippen MR) is 90.7 cm³/mol. The fourth-order valence-corrected chi connectivity index (χ4v) is 2.64. The Kier molecular flexibility index (Phi) is 7.72. The van der Waals surface area contributed by atoms with Crippen LogP contribution >= 0.6 is 24.8 Å². The van der Waals surface area contributed by atoms with Crippen LogP contribution in [0.25, 0.3) is 0 Å². The smallest absolute Gasteiger partial charge is 0.161 e. The van der Waals surface area contributed by atoms with Crippen LogP contribution in [0.1, 0.15) is 18.4 Å². The lowest BCUT2D eigenvalue weighted by Gasteiger charge is -2.21. The third-order valence-electron chi connectivity index (χ3n) is 3.82. The molecule has 1 atom stereocenters. The van der Waals surface area contributed by atoms with Gasteiger partial charge in [-0.3, -0.25) is 0 Å². The number of β-amino-alcohol motifs (C(OH)–C–C–N with tert-alkyl or cyclic N) is 1. The summed E-state index contributed by atoms with van der Waals surface area (Å²) in [4.78, 5) is 0. The molecule has 7 heteroatoms. The number of benzene rings is 1. The van der Waals surface area contributed by atoms with Crippen LogP contribution < -0.4 is 20.1 Å². The monoisotopic (exact) mass is 350 g/mol. The molecule has 5 nitrogen and oxygen atoms in total. The lowest BCUT2D eigenvalue weighted by Crippen LogP contribution is -2.42. The maximum atomic E-state index is 10.2. The summed E-state index contributed by atoms with van der Waals surface area (Å²) in [6.45, 7) is 4.30. The normalized spacial score (nSPS) is 23.1. The number of hydrogen-bond donors (Lipinski definition) is 3. The van der Waals surface area contributed by atoms with Crippen LogP contribution in [-0.4, -0.2) is 43.6 Å². The van der Waals surface area contributed by atoms with E-state index >= 15 is 0 Å². The summed E-state index contributed by atoms with van der Waals surface area (Å²) in [7, 11) is 0. The molecule has 1 aromatic carbocycles. The van der Waals surface area contributed by atoms with Crippen molar-refractivity contribution >= 4 is 24.8 Å². The van der Waals surface area contributed by atoms with Crippen molar-refractivity contribution in [3.8, 4) is 11.5 Å². The number of rotatable bonds is 4. The molecule has 3 N–H and O–H groups in total. The first-order valence-corrected chi connectivity index (χ1v) is 7.28. The van der Waals surface area contributed by atoms with Crippen LogP contribution in [-0.2, 0) is 6.54 Å². The largest absolute Gasteiger partial charge is 0.490 e. The van der Waals surface area contributed by atoms with Crippen molar-refractivity contribution in [3.05, 3.63) is 23.8 Å². The fourth-order valence-electron chi connectivity index (χ4n) is 2.64. The van der Waals surface area contributed by atoms with Crippen molar-refractivity contribution in [1.29, 1.82) is 0 Å². The Bertz CT molecular complexity index is 468. The van der Waals surface area contributed by atoms with Gasteiger partial charge in [-0.05, 0) is 30.7 Å². The molecule has 0 saturated carbocycles. The molecule has 0 bridgehead atoms. The van der Waals surface area contributed by atoms with Gasteiger partial charge in [-0.1, -0.05) is 6.07 Å². The second kappa shape index (κ2) is 8.79. The average molecular weight is 351 g/mol. The second-order valence-electron chi connectivity index (χ2n) is 5.59. The number of ether oxygens (including phenoxy) is 2. The van der Waals surface area contributed by atoms with E-state index in [9.17, 15) is 5.11 Å². The summed E-state index contributed by atoms with van der Waals surface area (Å²) < 4.78 is 11.3. The van der Waals surface area contributed by atoms with Crippen LogP contribution in [0.15, 0.2) is 18.2 Å². The maximum absolute atomic E-state index is 10.2. The number of nitrogens with one attached hydrogen (secondary N) is 2. The molecule has 126 valence electrons. The Hall–Kier alpha value is -0.720. The standard InChI is InChI=1S/C15H22N2O3.2ClH/c18-15(4-5-16-10-15)11-17-9-12-2-3-13-14(8-12)20-7-1-6-19-13;;/h2-3,8,16-18H,1,4-7,9-11H2;2*1H. The molecule has 3 rings (SSSR count). The van der Waals surface area contributed by atoms with E-state index in [1.165, 1.54) is 0 Å². The second-order valence-corrected chi connectivity index (χ2v) is 5.59. The van der Waals surface area contributed by atoms with E-state index in [2.05, 4.69) is 10.6 Å². The van der Waals surface area contributed by atoms with E-state index in [-0.39, 0.29) is 24.8 Å². The zero-order valence-electron chi connectivity index (χ0n) is 12.5. The molecule has 1 fully saturated rings. The minimum Gasteiger partial charge on any atom is -0.490 e. The van der Waals surface area contributed by atoms with Gasteiger partial charge in [-0.25, -0.2) is 0 Å². The Labute approximate surface area is 143 Å². The molecule has 22 heavy (non-hydrogen) atoms. The van der Waals surface area contributed by atoms with E-state index < -0.39 is 5.60 Å². The van der Waals surface area contributed by atoms with E-state index in [0.29, 0.717) is 26.3 Å². The van der Waals surface area contributed by atoms with Gasteiger partial charge in [0, 0.05) is 26.1 Å². The number of fused-ring (bicyclic) bond motifs is 1. The van der Waals surface area contributed by atoms with E-state index in [1.807, 2.05) is 18.2 Å². The molecular formula is C15H24Cl2N2O3. The Morgan fingerprint density at radius 2 is 1.95 bits per heavy atom. The summed E-state index contributed by atoms with van der Waals surface area (Å²) in [6, 6.07) is 6.02. The molecule has 1 unspecified atom stereocenters. The van der Waals surface area contributed by atoms with Gasteiger partial charge in [-0.15, -0.1) is 24.8 Å². The summed E-state index contributed by atoms with van der Waals surface area (Å²) in [5.74, 6) is 1.65. The molecule has 2 heterocycles. The quantitative estimate of drug-likeness (QED) is 0.768. The van der Waals surface area contributed by atoms with Crippen LogP contribution in [0.4, 0.5) is 0 Å². The van der Waals surface area contributed by atoms with Crippen LogP contribution in [0.2, 0.25) is 0 Å². The average Bonchev–Trinajstić information content (AvgIpc) is 2.74. The van der Waals surface area contributed by atoms with E-state index in [4.69, 9.17) is 9.47 Å². The highest BCUT2D eigenvalue weighted by Gasteiger charge is 2.30. The van der Waals surface area contributed by atoms with Crippen molar-refractivity contribution in [1.82, 2.24) is 10.6 Å². The minimum absolute atomic E-state index is 0. The van der Waals surface area contributed by atoms with Gasteiger partial charge in [0.05, 0.1) is 18.8 Å². The third kappa shape index (κ3) is 4.89. The molecule has 2 aliphatic rings. The molecule has 0 aromatic heterocycles. The molecular weight excluding hydrogens is 327 g/mol. The van der Waals surface area contributed by atoms with Gasteiger partial charge >= 0.3 is 0 Å². The summed E-state index contributed by atoms with van der Waals surface area (Å²) in [6.07, 6.45) is 1.73. The highest BCUT2D eigenvalue weighted by molar-refractivity contribution is 5.85.